The minimum atomic E-state index is -2.14. The van der Waals surface area contributed by atoms with Crippen LogP contribution in [0.15, 0.2) is 42.2 Å². The first-order chi connectivity index (χ1) is 19.6. The van der Waals surface area contributed by atoms with Crippen LogP contribution >= 0.6 is 11.6 Å². The third kappa shape index (κ3) is 7.37. The Bertz CT molecular complexity index is 1480. The Morgan fingerprint density at radius 2 is 1.86 bits per heavy atom. The van der Waals surface area contributed by atoms with E-state index in [0.29, 0.717) is 23.1 Å². The van der Waals surface area contributed by atoms with Crippen molar-refractivity contribution >= 4 is 55.3 Å². The third-order valence-electron chi connectivity index (χ3n) is 7.69. The van der Waals surface area contributed by atoms with E-state index in [9.17, 15) is 9.59 Å². The van der Waals surface area contributed by atoms with Gasteiger partial charge in [0.25, 0.3) is 5.65 Å². The number of nitrogens with zero attached hydrogens (tertiary/aromatic N) is 3. The fourth-order valence-corrected chi connectivity index (χ4v) is 6.14. The molecule has 2 heterocycles. The zero-order valence-corrected chi connectivity index (χ0v) is 27.3. The van der Waals surface area contributed by atoms with Crippen LogP contribution < -0.4 is 9.88 Å². The van der Waals surface area contributed by atoms with Gasteiger partial charge in [0.1, 0.15) is 12.2 Å². The number of hydrogen-bond acceptors (Lipinski definition) is 7. The number of aromatic nitrogens is 4. The van der Waals surface area contributed by atoms with Crippen molar-refractivity contribution in [2.24, 2.45) is 5.92 Å². The molecule has 1 aromatic carbocycles. The third-order valence-corrected chi connectivity index (χ3v) is 12.5. The van der Waals surface area contributed by atoms with Crippen molar-refractivity contribution in [3.05, 3.63) is 52.9 Å². The number of carbonyl (C=O) groups excluding carboxylic acids is 2. The topological polar surface area (TPSA) is 119 Å². The number of nitrogens with one attached hydrogen (secondary N) is 2. The summed E-state index contributed by atoms with van der Waals surface area (Å²) in [4.78, 5) is 37.5. The highest BCUT2D eigenvalue weighted by atomic mass is 35.5. The molecule has 0 spiro atoms. The molecule has 1 aliphatic rings. The smallest absolute Gasteiger partial charge is 0.461 e. The van der Waals surface area contributed by atoms with Gasteiger partial charge in [-0.1, -0.05) is 44.0 Å². The van der Waals surface area contributed by atoms with Gasteiger partial charge in [0.15, 0.2) is 20.2 Å². The van der Waals surface area contributed by atoms with E-state index in [-0.39, 0.29) is 34.8 Å². The number of fused-ring (bicyclic) bond motifs is 1. The summed E-state index contributed by atoms with van der Waals surface area (Å²) in [6, 6.07) is 8.93. The second kappa shape index (κ2) is 12.1. The molecule has 2 unspecified atom stereocenters. The minimum Gasteiger partial charge on any atom is -0.461 e. The maximum absolute atomic E-state index is 12.9. The van der Waals surface area contributed by atoms with E-state index in [1.165, 1.54) is 6.33 Å². The molecule has 10 nitrogen and oxygen atoms in total. The van der Waals surface area contributed by atoms with E-state index >= 15 is 0 Å². The Labute approximate surface area is 253 Å². The molecule has 226 valence electrons. The van der Waals surface area contributed by atoms with Gasteiger partial charge in [0.05, 0.1) is 17.9 Å². The van der Waals surface area contributed by atoms with Crippen molar-refractivity contribution in [3.63, 3.8) is 0 Å². The highest BCUT2D eigenvalue weighted by Gasteiger charge is 2.44. The van der Waals surface area contributed by atoms with Gasteiger partial charge in [-0.25, -0.2) is 9.59 Å². The molecule has 3 aromatic rings. The summed E-state index contributed by atoms with van der Waals surface area (Å²) in [5, 5.41) is 2.88. The first-order valence-electron chi connectivity index (χ1n) is 14.1. The Morgan fingerprint density at radius 3 is 2.50 bits per heavy atom. The second-order valence-corrected chi connectivity index (χ2v) is 18.2. The summed E-state index contributed by atoms with van der Waals surface area (Å²) in [5.41, 5.74) is 1.75. The van der Waals surface area contributed by atoms with E-state index in [1.54, 1.807) is 49.6 Å². The average molecular weight is 615 g/mol. The van der Waals surface area contributed by atoms with Crippen LogP contribution in [-0.4, -0.2) is 53.6 Å². The van der Waals surface area contributed by atoms with E-state index in [4.69, 9.17) is 25.5 Å². The van der Waals surface area contributed by atoms with Gasteiger partial charge < -0.3 is 18.9 Å². The van der Waals surface area contributed by atoms with Gasteiger partial charge in [0, 0.05) is 5.92 Å². The van der Waals surface area contributed by atoms with Crippen LogP contribution in [0.2, 0.25) is 23.3 Å². The number of hydrogen-bond donors (Lipinski definition) is 2. The van der Waals surface area contributed by atoms with Crippen molar-refractivity contribution in [1.82, 2.24) is 15.0 Å². The van der Waals surface area contributed by atoms with Crippen LogP contribution in [0.3, 0.4) is 0 Å². The number of esters is 1. The maximum atomic E-state index is 12.9. The van der Waals surface area contributed by atoms with E-state index in [0.717, 1.165) is 12.0 Å². The number of anilines is 1. The van der Waals surface area contributed by atoms with Gasteiger partial charge >= 0.3 is 18.0 Å². The molecular weight excluding hydrogens is 574 g/mol. The zero-order valence-electron chi connectivity index (χ0n) is 25.6. The first kappa shape index (κ1) is 31.6. The van der Waals surface area contributed by atoms with Gasteiger partial charge in [0.2, 0.25) is 5.15 Å². The van der Waals surface area contributed by atoms with Gasteiger partial charge in [-0.15, -0.1) is 4.98 Å². The van der Waals surface area contributed by atoms with Crippen molar-refractivity contribution in [1.29, 1.82) is 0 Å². The van der Waals surface area contributed by atoms with Gasteiger partial charge in [-0.05, 0) is 81.1 Å². The molecule has 2 aromatic heterocycles. The molecule has 1 saturated carbocycles. The summed E-state index contributed by atoms with van der Waals surface area (Å²) < 4.78 is 19.9. The Morgan fingerprint density at radius 1 is 1.17 bits per heavy atom. The van der Waals surface area contributed by atoms with Crippen LogP contribution in [0.5, 0.6) is 0 Å². The molecule has 12 heteroatoms. The summed E-state index contributed by atoms with van der Waals surface area (Å²) in [6.07, 6.45) is 4.02. The fourth-order valence-electron chi connectivity index (χ4n) is 4.52. The summed E-state index contributed by atoms with van der Waals surface area (Å²) in [6.45, 7) is 16.5. The van der Waals surface area contributed by atoms with Crippen LogP contribution in [0.1, 0.15) is 64.7 Å². The van der Waals surface area contributed by atoms with Crippen molar-refractivity contribution in [3.8, 4) is 0 Å². The number of benzene rings is 1. The predicted molar refractivity (Wildman–Crippen MR) is 165 cm³/mol. The number of ether oxygens (including phenoxy) is 2. The molecule has 42 heavy (non-hydrogen) atoms. The van der Waals surface area contributed by atoms with Crippen molar-refractivity contribution < 1.29 is 28.1 Å². The van der Waals surface area contributed by atoms with E-state index in [1.807, 2.05) is 12.3 Å². The largest absolute Gasteiger partial charge is 0.461 e. The highest BCUT2D eigenvalue weighted by Crippen LogP contribution is 2.42. The average Bonchev–Trinajstić information content (AvgIpc) is 3.51. The predicted octanol–water partition coefficient (Wildman–Crippen LogP) is 6.74. The summed E-state index contributed by atoms with van der Waals surface area (Å²) in [5.74, 6) is -0.468. The molecular formula is C30H41ClN5O5Si+. The second-order valence-electron chi connectivity index (χ2n) is 13.1. The van der Waals surface area contributed by atoms with Gasteiger partial charge in [-0.3, -0.25) is 0 Å². The number of halogens is 1. The summed E-state index contributed by atoms with van der Waals surface area (Å²) >= 11 is 6.44. The molecule has 0 saturated heterocycles. The van der Waals surface area contributed by atoms with Crippen molar-refractivity contribution in [2.75, 3.05) is 11.9 Å². The van der Waals surface area contributed by atoms with Crippen LogP contribution in [0.4, 0.5) is 10.7 Å². The minimum absolute atomic E-state index is 0.00525. The number of carbonyl (C=O) groups is 2. The van der Waals surface area contributed by atoms with E-state index in [2.05, 4.69) is 54.1 Å². The molecule has 0 aliphatic heterocycles. The van der Waals surface area contributed by atoms with Gasteiger partial charge in [-0.2, -0.15) is 9.88 Å². The van der Waals surface area contributed by atoms with E-state index < -0.39 is 26.0 Å². The molecule has 2 N–H and O–H groups in total. The number of H-pyrrole nitrogens is 1. The Kier molecular flexibility index (Phi) is 9.15. The SMILES string of the molecule is CC(C)(C)OC(=O)Nc1nc(Cl)c2[nH]cnc2[n+]1C=C1CCC(O[Si](C)(C)C(C)(C)C)C1COC(=O)c1ccccc1. The molecule has 1 amide bonds. The standard InChI is InChI=1S/C30H40ClN5O5Si/c1-29(2,3)40-28(38)35-27-34-24(31)23-25(33-18-32-23)36(27)16-20-14-15-22(41-42(7,8)30(4,5)6)21(20)17-39-26(37)19-12-10-9-11-13-19/h9-13,16,18,21-22H,14-15,17H2,1-8H3,(H,32,33,34,35,38)/p+1. The number of aromatic amines is 1. The van der Waals surface area contributed by atoms with Crippen LogP contribution in [0, 0.1) is 5.92 Å². The lowest BCUT2D eigenvalue weighted by Gasteiger charge is -2.39. The Hall–Kier alpha value is -3.28. The Balaban J connectivity index is 1.72. The number of amides is 1. The maximum Gasteiger partial charge on any atom is 0.461 e. The first-order valence-corrected chi connectivity index (χ1v) is 17.4. The molecule has 4 rings (SSSR count). The fraction of sp³-hybridized carbons (Fsp3) is 0.500. The lowest BCUT2D eigenvalue weighted by atomic mass is 10.0. The normalized spacial score (nSPS) is 18.8. The van der Waals surface area contributed by atoms with Crippen LogP contribution in [-0.2, 0) is 13.9 Å². The highest BCUT2D eigenvalue weighted by molar-refractivity contribution is 6.74. The van der Waals surface area contributed by atoms with Crippen LogP contribution in [0.25, 0.3) is 17.4 Å². The molecule has 1 fully saturated rings. The van der Waals surface area contributed by atoms with Crippen molar-refractivity contribution in [2.45, 2.75) is 84.2 Å². The monoisotopic (exact) mass is 614 g/mol. The summed E-state index contributed by atoms with van der Waals surface area (Å²) in [7, 11) is -2.14. The number of rotatable bonds is 7. The molecule has 0 bridgehead atoms. The lowest BCUT2D eigenvalue weighted by molar-refractivity contribution is -0.528. The zero-order chi connectivity index (χ0) is 30.9. The molecule has 1 aliphatic carbocycles. The molecule has 2 atom stereocenters. The number of imidazole rings is 1. The quantitative estimate of drug-likeness (QED) is 0.131. The lowest BCUT2D eigenvalue weighted by Crippen LogP contribution is -2.45. The molecule has 0 radical (unpaired) electrons.